The van der Waals surface area contributed by atoms with Crippen molar-refractivity contribution in [2.45, 2.75) is 27.3 Å². The molecule has 0 aliphatic rings. The summed E-state index contributed by atoms with van der Waals surface area (Å²) in [6.45, 7) is 5.49. The molecule has 0 bridgehead atoms. The van der Waals surface area contributed by atoms with Gasteiger partial charge in [-0.1, -0.05) is 56.3 Å². The smallest absolute Gasteiger partial charge is 0.360 e. The lowest BCUT2D eigenvalue weighted by Crippen LogP contribution is -2.27. The van der Waals surface area contributed by atoms with E-state index in [0.29, 0.717) is 17.8 Å². The number of ketones is 1. The Morgan fingerprint density at radius 2 is 1.68 bits per heavy atom. The zero-order chi connectivity index (χ0) is 22.4. The number of nitrogens with zero attached hydrogens (tertiary/aromatic N) is 3. The molecule has 0 radical (unpaired) electrons. The summed E-state index contributed by atoms with van der Waals surface area (Å²) in [4.78, 5) is 36.5. The minimum atomic E-state index is -0.721. The van der Waals surface area contributed by atoms with Crippen LogP contribution in [0, 0.1) is 5.41 Å². The fraction of sp³-hybridized carbons (Fsp3) is 0.261. The van der Waals surface area contributed by atoms with Crippen LogP contribution in [0.5, 0.6) is 0 Å². The van der Waals surface area contributed by atoms with Crippen molar-refractivity contribution >= 4 is 23.3 Å². The molecule has 1 N–H and O–H groups in total. The first-order valence-corrected chi connectivity index (χ1v) is 9.78. The molecule has 0 spiro atoms. The molecule has 3 aromatic rings. The minimum absolute atomic E-state index is 0.0315. The molecular formula is C23H24N4O4. The summed E-state index contributed by atoms with van der Waals surface area (Å²) >= 11 is 0. The number of carbonyl (C=O) groups excluding carboxylic acids is 3. The van der Waals surface area contributed by atoms with Crippen LogP contribution < -0.4 is 5.32 Å². The number of nitrogens with one attached hydrogen (secondary N) is 1. The Hall–Kier alpha value is -3.81. The SMILES string of the molecule is CC(C)(C)C(=O)Nc1ccc(C(=O)COC(=O)c2cn(Cc3ccccc3)nn2)cc1. The van der Waals surface area contributed by atoms with Crippen molar-refractivity contribution in [2.75, 3.05) is 11.9 Å². The Kier molecular flexibility index (Phi) is 6.59. The van der Waals surface area contributed by atoms with E-state index in [0.717, 1.165) is 5.56 Å². The maximum absolute atomic E-state index is 12.3. The first-order chi connectivity index (χ1) is 14.7. The number of ether oxygens (including phenoxy) is 1. The largest absolute Gasteiger partial charge is 0.452 e. The van der Waals surface area contributed by atoms with Gasteiger partial charge in [-0.2, -0.15) is 0 Å². The van der Waals surface area contributed by atoms with Gasteiger partial charge in [0.25, 0.3) is 0 Å². The van der Waals surface area contributed by atoms with E-state index in [1.165, 1.54) is 10.9 Å². The summed E-state index contributed by atoms with van der Waals surface area (Å²) in [5.41, 5.74) is 1.48. The van der Waals surface area contributed by atoms with Gasteiger partial charge in [0.15, 0.2) is 18.1 Å². The van der Waals surface area contributed by atoms with Crippen LogP contribution in [0.1, 0.15) is 47.2 Å². The summed E-state index contributed by atoms with van der Waals surface area (Å²) in [5, 5.41) is 10.5. The molecule has 1 aromatic heterocycles. The molecule has 8 nitrogen and oxygen atoms in total. The Morgan fingerprint density at radius 3 is 2.32 bits per heavy atom. The van der Waals surface area contributed by atoms with Gasteiger partial charge in [0.2, 0.25) is 5.91 Å². The van der Waals surface area contributed by atoms with Crippen LogP contribution in [0.3, 0.4) is 0 Å². The number of carbonyl (C=O) groups is 3. The minimum Gasteiger partial charge on any atom is -0.452 e. The van der Waals surface area contributed by atoms with Crippen molar-refractivity contribution in [3.8, 4) is 0 Å². The molecule has 0 saturated heterocycles. The van der Waals surface area contributed by atoms with Gasteiger partial charge in [0, 0.05) is 16.7 Å². The van der Waals surface area contributed by atoms with Crippen molar-refractivity contribution in [1.29, 1.82) is 0 Å². The predicted molar refractivity (Wildman–Crippen MR) is 115 cm³/mol. The van der Waals surface area contributed by atoms with Gasteiger partial charge in [-0.3, -0.25) is 9.59 Å². The van der Waals surface area contributed by atoms with E-state index < -0.39 is 18.0 Å². The number of Topliss-reactive ketones (excluding diaryl/α,β-unsaturated/α-hetero) is 1. The standard InChI is InChI=1S/C23H24N4O4/c1-23(2,3)22(30)24-18-11-9-17(10-12-18)20(28)15-31-21(29)19-14-27(26-25-19)13-16-7-5-4-6-8-16/h4-12,14H,13,15H2,1-3H3,(H,24,30). The lowest BCUT2D eigenvalue weighted by atomic mass is 9.95. The van der Waals surface area contributed by atoms with Gasteiger partial charge >= 0.3 is 5.97 Å². The van der Waals surface area contributed by atoms with Crippen LogP contribution in [-0.2, 0) is 16.1 Å². The van der Waals surface area contributed by atoms with Crippen molar-refractivity contribution < 1.29 is 19.1 Å². The number of rotatable bonds is 7. The summed E-state index contributed by atoms with van der Waals surface area (Å²) in [6.07, 6.45) is 1.48. The molecule has 1 heterocycles. The van der Waals surface area contributed by atoms with Gasteiger partial charge in [0.1, 0.15) is 0 Å². The lowest BCUT2D eigenvalue weighted by molar-refractivity contribution is -0.123. The Labute approximate surface area is 180 Å². The van der Waals surface area contributed by atoms with E-state index in [9.17, 15) is 14.4 Å². The van der Waals surface area contributed by atoms with Crippen LogP contribution in [-0.4, -0.2) is 39.3 Å². The van der Waals surface area contributed by atoms with Gasteiger partial charge in [-0.15, -0.1) is 5.10 Å². The third kappa shape index (κ3) is 6.08. The second-order valence-corrected chi connectivity index (χ2v) is 8.07. The highest BCUT2D eigenvalue weighted by molar-refractivity contribution is 6.00. The van der Waals surface area contributed by atoms with Crippen LogP contribution >= 0.6 is 0 Å². The van der Waals surface area contributed by atoms with E-state index >= 15 is 0 Å². The van der Waals surface area contributed by atoms with Crippen molar-refractivity contribution in [1.82, 2.24) is 15.0 Å². The fourth-order valence-corrected chi connectivity index (χ4v) is 2.59. The molecule has 160 valence electrons. The number of aromatic nitrogens is 3. The van der Waals surface area contributed by atoms with E-state index in [-0.39, 0.29) is 17.4 Å². The molecular weight excluding hydrogens is 396 g/mol. The highest BCUT2D eigenvalue weighted by Gasteiger charge is 2.21. The number of amides is 1. The Balaban J connectivity index is 1.52. The van der Waals surface area contributed by atoms with Gasteiger partial charge < -0.3 is 10.1 Å². The van der Waals surface area contributed by atoms with Gasteiger partial charge in [-0.25, -0.2) is 9.48 Å². The number of benzene rings is 2. The molecule has 0 atom stereocenters. The average Bonchev–Trinajstić information content (AvgIpc) is 3.21. The summed E-state index contributed by atoms with van der Waals surface area (Å²) < 4.78 is 6.60. The molecule has 0 unspecified atom stereocenters. The highest BCUT2D eigenvalue weighted by Crippen LogP contribution is 2.18. The van der Waals surface area contributed by atoms with E-state index in [1.54, 1.807) is 24.3 Å². The van der Waals surface area contributed by atoms with Crippen molar-refractivity contribution in [2.24, 2.45) is 5.41 Å². The second-order valence-electron chi connectivity index (χ2n) is 8.07. The highest BCUT2D eigenvalue weighted by atomic mass is 16.5. The number of hydrogen-bond donors (Lipinski definition) is 1. The van der Waals surface area contributed by atoms with E-state index in [4.69, 9.17) is 4.74 Å². The maximum Gasteiger partial charge on any atom is 0.360 e. The number of esters is 1. The quantitative estimate of drug-likeness (QED) is 0.464. The summed E-state index contributed by atoms with van der Waals surface area (Å²) in [5.74, 6) is -1.21. The van der Waals surface area contributed by atoms with Crippen molar-refractivity contribution in [3.05, 3.63) is 77.6 Å². The molecule has 8 heteroatoms. The van der Waals surface area contributed by atoms with Gasteiger partial charge in [0.05, 0.1) is 12.7 Å². The lowest BCUT2D eigenvalue weighted by Gasteiger charge is -2.17. The monoisotopic (exact) mass is 420 g/mol. The number of anilines is 1. The zero-order valence-corrected chi connectivity index (χ0v) is 17.7. The Morgan fingerprint density at radius 1 is 1.00 bits per heavy atom. The third-order valence-electron chi connectivity index (χ3n) is 4.42. The number of hydrogen-bond acceptors (Lipinski definition) is 6. The third-order valence-corrected chi connectivity index (χ3v) is 4.42. The molecule has 0 aliphatic heterocycles. The first-order valence-electron chi connectivity index (χ1n) is 9.78. The molecule has 1 amide bonds. The van der Waals surface area contributed by atoms with Crippen LogP contribution in [0.15, 0.2) is 60.8 Å². The average molecular weight is 420 g/mol. The van der Waals surface area contributed by atoms with Crippen LogP contribution in [0.25, 0.3) is 0 Å². The molecule has 0 fully saturated rings. The second kappa shape index (κ2) is 9.34. The van der Waals surface area contributed by atoms with Gasteiger partial charge in [-0.05, 0) is 29.8 Å². The topological polar surface area (TPSA) is 103 Å². The van der Waals surface area contributed by atoms with E-state index in [2.05, 4.69) is 15.6 Å². The van der Waals surface area contributed by atoms with Crippen LogP contribution in [0.4, 0.5) is 5.69 Å². The van der Waals surface area contributed by atoms with Crippen LogP contribution in [0.2, 0.25) is 0 Å². The molecule has 31 heavy (non-hydrogen) atoms. The Bertz CT molecular complexity index is 1070. The normalized spacial score (nSPS) is 11.1. The molecule has 3 rings (SSSR count). The molecule has 0 aliphatic carbocycles. The molecule has 2 aromatic carbocycles. The maximum atomic E-state index is 12.3. The first kappa shape index (κ1) is 21.9. The van der Waals surface area contributed by atoms with E-state index in [1.807, 2.05) is 51.1 Å². The summed E-state index contributed by atoms with van der Waals surface area (Å²) in [7, 11) is 0. The zero-order valence-electron chi connectivity index (χ0n) is 17.7. The molecule has 0 saturated carbocycles. The van der Waals surface area contributed by atoms with Crippen molar-refractivity contribution in [3.63, 3.8) is 0 Å². The summed E-state index contributed by atoms with van der Waals surface area (Å²) in [6, 6.07) is 16.0. The fourth-order valence-electron chi connectivity index (χ4n) is 2.59. The predicted octanol–water partition coefficient (Wildman–Crippen LogP) is 3.35.